The van der Waals surface area contributed by atoms with E-state index in [1.807, 2.05) is 0 Å². The fourth-order valence-electron chi connectivity index (χ4n) is 3.63. The molecule has 28 heavy (non-hydrogen) atoms. The van der Waals surface area contributed by atoms with Crippen molar-refractivity contribution in [2.75, 3.05) is 4.90 Å². The first-order valence-corrected chi connectivity index (χ1v) is 8.26. The molecular formula is C19H10N4O5. The van der Waals surface area contributed by atoms with E-state index >= 15 is 0 Å². The summed E-state index contributed by atoms with van der Waals surface area (Å²) in [6.07, 6.45) is 0. The topological polar surface area (TPSA) is 129 Å². The zero-order valence-electron chi connectivity index (χ0n) is 14.1. The van der Waals surface area contributed by atoms with Gasteiger partial charge in [0.15, 0.2) is 0 Å². The van der Waals surface area contributed by atoms with E-state index in [1.54, 1.807) is 18.2 Å². The number of carbonyl (C=O) groups excluding carboxylic acids is 2. The van der Waals surface area contributed by atoms with Crippen molar-refractivity contribution in [1.82, 2.24) is 9.97 Å². The lowest BCUT2D eigenvalue weighted by atomic mass is 9.92. The Bertz CT molecular complexity index is 1390. The van der Waals surface area contributed by atoms with Crippen molar-refractivity contribution in [1.29, 1.82) is 0 Å². The number of amides is 2. The van der Waals surface area contributed by atoms with Crippen LogP contribution in [-0.4, -0.2) is 26.7 Å². The molecule has 0 saturated heterocycles. The van der Waals surface area contributed by atoms with Crippen LogP contribution in [0.1, 0.15) is 20.7 Å². The molecule has 0 atom stereocenters. The minimum atomic E-state index is -0.583. The molecule has 1 aliphatic rings. The van der Waals surface area contributed by atoms with Crippen LogP contribution in [0.5, 0.6) is 0 Å². The average Bonchev–Trinajstić information content (AvgIpc) is 3.05. The van der Waals surface area contributed by atoms with Crippen LogP contribution in [0.3, 0.4) is 0 Å². The third-order valence-corrected chi connectivity index (χ3v) is 4.84. The lowest BCUT2D eigenvalue weighted by Gasteiger charge is -2.27. The highest BCUT2D eigenvalue weighted by molar-refractivity contribution is 6.36. The summed E-state index contributed by atoms with van der Waals surface area (Å²) in [7, 11) is 0. The van der Waals surface area contributed by atoms with E-state index in [2.05, 4.69) is 9.97 Å². The van der Waals surface area contributed by atoms with Crippen molar-refractivity contribution in [2.45, 2.75) is 0 Å². The number of imidazole rings is 1. The van der Waals surface area contributed by atoms with Gasteiger partial charge in [-0.15, -0.1) is 0 Å². The molecular weight excluding hydrogens is 364 g/mol. The van der Waals surface area contributed by atoms with Gasteiger partial charge < -0.3 is 9.97 Å². The Morgan fingerprint density at radius 2 is 1.57 bits per heavy atom. The van der Waals surface area contributed by atoms with Gasteiger partial charge in [-0.25, -0.2) is 9.69 Å². The van der Waals surface area contributed by atoms with Crippen LogP contribution in [-0.2, 0) is 0 Å². The number of imide groups is 1. The number of hydrogen-bond donors (Lipinski definition) is 2. The molecule has 4 aromatic rings. The fourth-order valence-corrected chi connectivity index (χ4v) is 3.63. The fraction of sp³-hybridized carbons (Fsp3) is 0. The number of nitro groups is 1. The maximum absolute atomic E-state index is 13.1. The Morgan fingerprint density at radius 3 is 2.32 bits per heavy atom. The lowest BCUT2D eigenvalue weighted by molar-refractivity contribution is -0.383. The standard InChI is InChI=1S/C19H10N4O5/c24-17-11-3-1-2-10-15(23(27)28)7-5-12(16(10)11)18(25)22(17)9-4-6-13-14(8-9)21-19(26)20-13/h1-8H,(H2,20,21,26). The van der Waals surface area contributed by atoms with Gasteiger partial charge >= 0.3 is 5.69 Å². The van der Waals surface area contributed by atoms with Crippen molar-refractivity contribution >= 4 is 45.0 Å². The SMILES string of the molecule is O=C1c2cccc3c([N+](=O)[O-])ccc(c23)C(=O)N1c1ccc2[nH]c(=O)[nH]c2c1. The summed E-state index contributed by atoms with van der Waals surface area (Å²) in [5.41, 5.74) is 1.14. The number of H-pyrrole nitrogens is 2. The number of carbonyl (C=O) groups is 2. The molecule has 136 valence electrons. The maximum Gasteiger partial charge on any atom is 0.323 e. The molecule has 1 aromatic heterocycles. The van der Waals surface area contributed by atoms with Crippen LogP contribution in [0.15, 0.2) is 53.3 Å². The number of anilines is 1. The number of rotatable bonds is 2. The number of hydrogen-bond acceptors (Lipinski definition) is 5. The lowest BCUT2D eigenvalue weighted by Crippen LogP contribution is -2.40. The second-order valence-corrected chi connectivity index (χ2v) is 6.37. The largest absolute Gasteiger partial charge is 0.323 e. The molecule has 0 unspecified atom stereocenters. The van der Waals surface area contributed by atoms with Crippen molar-refractivity contribution < 1.29 is 14.5 Å². The molecule has 0 spiro atoms. The van der Waals surface area contributed by atoms with Gasteiger partial charge in [0.1, 0.15) is 0 Å². The van der Waals surface area contributed by atoms with Crippen molar-refractivity contribution in [3.05, 3.63) is 80.3 Å². The number of nitrogens with zero attached hydrogens (tertiary/aromatic N) is 2. The Labute approximate surface area is 155 Å². The van der Waals surface area contributed by atoms with Crippen molar-refractivity contribution in [3.8, 4) is 0 Å². The summed E-state index contributed by atoms with van der Waals surface area (Å²) < 4.78 is 0. The van der Waals surface area contributed by atoms with E-state index in [1.165, 1.54) is 30.3 Å². The molecule has 1 aliphatic heterocycles. The number of fused-ring (bicyclic) bond motifs is 1. The van der Waals surface area contributed by atoms with Crippen LogP contribution in [0.4, 0.5) is 11.4 Å². The Morgan fingerprint density at radius 1 is 0.857 bits per heavy atom. The Kier molecular flexibility index (Phi) is 3.05. The minimum absolute atomic E-state index is 0.166. The van der Waals surface area contributed by atoms with Gasteiger partial charge in [0.25, 0.3) is 17.5 Å². The van der Waals surface area contributed by atoms with E-state index in [0.29, 0.717) is 16.7 Å². The predicted molar refractivity (Wildman–Crippen MR) is 101 cm³/mol. The molecule has 0 radical (unpaired) electrons. The summed E-state index contributed by atoms with van der Waals surface area (Å²) in [6, 6.07) is 11.9. The molecule has 2 amide bonds. The highest BCUT2D eigenvalue weighted by Gasteiger charge is 2.35. The minimum Gasteiger partial charge on any atom is -0.306 e. The molecule has 0 fully saturated rings. The van der Waals surface area contributed by atoms with Crippen LogP contribution in [0.2, 0.25) is 0 Å². The third-order valence-electron chi connectivity index (χ3n) is 4.84. The summed E-state index contributed by atoms with van der Waals surface area (Å²) in [5.74, 6) is -1.17. The van der Waals surface area contributed by atoms with Gasteiger partial charge in [-0.05, 0) is 36.4 Å². The van der Waals surface area contributed by atoms with Crippen LogP contribution < -0.4 is 10.6 Å². The first-order valence-electron chi connectivity index (χ1n) is 8.26. The quantitative estimate of drug-likeness (QED) is 0.317. The van der Waals surface area contributed by atoms with Gasteiger partial charge in [0, 0.05) is 22.6 Å². The van der Waals surface area contributed by atoms with E-state index in [9.17, 15) is 24.5 Å². The summed E-state index contributed by atoms with van der Waals surface area (Å²) in [4.78, 5) is 54.6. The van der Waals surface area contributed by atoms with Crippen LogP contribution in [0.25, 0.3) is 21.8 Å². The maximum atomic E-state index is 13.1. The van der Waals surface area contributed by atoms with Crippen molar-refractivity contribution in [2.24, 2.45) is 0 Å². The van der Waals surface area contributed by atoms with Gasteiger partial charge in [-0.1, -0.05) is 6.07 Å². The van der Waals surface area contributed by atoms with Gasteiger partial charge in [0.05, 0.1) is 27.0 Å². The van der Waals surface area contributed by atoms with Crippen molar-refractivity contribution in [3.63, 3.8) is 0 Å². The van der Waals surface area contributed by atoms with Crippen LogP contribution in [0, 0.1) is 10.1 Å². The molecule has 0 saturated carbocycles. The highest BCUT2D eigenvalue weighted by atomic mass is 16.6. The summed E-state index contributed by atoms with van der Waals surface area (Å²) in [5, 5.41) is 11.8. The van der Waals surface area contributed by atoms with Gasteiger partial charge in [0.2, 0.25) is 0 Å². The number of nitro benzene ring substituents is 1. The average molecular weight is 374 g/mol. The molecule has 9 heteroatoms. The number of nitrogens with one attached hydrogen (secondary N) is 2. The molecule has 2 heterocycles. The number of non-ortho nitro benzene ring substituents is 1. The van der Waals surface area contributed by atoms with Gasteiger partial charge in [-0.3, -0.25) is 19.7 Å². The van der Waals surface area contributed by atoms with E-state index < -0.39 is 22.4 Å². The normalized spacial score (nSPS) is 13.5. The molecule has 5 rings (SSSR count). The summed E-state index contributed by atoms with van der Waals surface area (Å²) in [6.45, 7) is 0. The summed E-state index contributed by atoms with van der Waals surface area (Å²) >= 11 is 0. The van der Waals surface area contributed by atoms with E-state index in [-0.39, 0.29) is 27.6 Å². The monoisotopic (exact) mass is 374 g/mol. The zero-order chi connectivity index (χ0) is 19.6. The number of benzene rings is 3. The Balaban J connectivity index is 1.75. The number of aromatic amines is 2. The molecule has 0 bridgehead atoms. The zero-order valence-corrected chi connectivity index (χ0v) is 14.1. The van der Waals surface area contributed by atoms with E-state index in [0.717, 1.165) is 4.90 Å². The third kappa shape index (κ3) is 2.04. The van der Waals surface area contributed by atoms with Gasteiger partial charge in [-0.2, -0.15) is 0 Å². The second kappa shape index (κ2) is 5.36. The van der Waals surface area contributed by atoms with Crippen LogP contribution >= 0.6 is 0 Å². The molecule has 9 nitrogen and oxygen atoms in total. The predicted octanol–water partition coefficient (Wildman–Crippen LogP) is 2.72. The molecule has 3 aromatic carbocycles. The smallest absolute Gasteiger partial charge is 0.306 e. The Hall–Kier alpha value is -4.27. The second-order valence-electron chi connectivity index (χ2n) is 6.37. The number of aromatic nitrogens is 2. The highest BCUT2D eigenvalue weighted by Crippen LogP contribution is 2.37. The van der Waals surface area contributed by atoms with E-state index in [4.69, 9.17) is 0 Å². The first-order chi connectivity index (χ1) is 13.5. The molecule has 2 N–H and O–H groups in total. The molecule has 0 aliphatic carbocycles. The first kappa shape index (κ1) is 15.9.